The summed E-state index contributed by atoms with van der Waals surface area (Å²) in [5, 5.41) is 0.483. The number of benzene rings is 2. The van der Waals surface area contributed by atoms with Crippen molar-refractivity contribution in [2.24, 2.45) is 0 Å². The topological polar surface area (TPSA) is 107 Å². The number of carbonyl (C=O) groups excluding carboxylic acids is 3. The molecule has 3 amide bonds. The zero-order valence-electron chi connectivity index (χ0n) is 19.1. The number of H-pyrrole nitrogens is 1. The highest BCUT2D eigenvalue weighted by atomic mass is 16.2. The zero-order chi connectivity index (χ0) is 24.0. The molecular weight excluding hydrogens is 434 g/mol. The fraction of sp³-hybridized carbons (Fsp3) is 0.320. The van der Waals surface area contributed by atoms with E-state index in [4.69, 9.17) is 0 Å². The molecule has 1 saturated heterocycles. The number of hydrogen-bond acceptors (Lipinski definition) is 5. The summed E-state index contributed by atoms with van der Waals surface area (Å²) in [6.45, 7) is 3.95. The lowest BCUT2D eigenvalue weighted by molar-refractivity contribution is -0.134. The molecule has 34 heavy (non-hydrogen) atoms. The van der Waals surface area contributed by atoms with Crippen LogP contribution in [0, 0.1) is 0 Å². The van der Waals surface area contributed by atoms with Crippen molar-refractivity contribution in [2.45, 2.75) is 38.9 Å². The summed E-state index contributed by atoms with van der Waals surface area (Å²) in [5.41, 5.74) is 0.380. The van der Waals surface area contributed by atoms with E-state index >= 15 is 0 Å². The van der Waals surface area contributed by atoms with Gasteiger partial charge < -0.3 is 14.8 Å². The van der Waals surface area contributed by atoms with Gasteiger partial charge >= 0.3 is 0 Å². The quantitative estimate of drug-likeness (QED) is 0.630. The molecule has 0 bridgehead atoms. The maximum Gasteiger partial charge on any atom is 0.258 e. The minimum atomic E-state index is -0.910. The molecule has 3 aromatic rings. The van der Waals surface area contributed by atoms with Crippen LogP contribution in [0.5, 0.6) is 0 Å². The van der Waals surface area contributed by atoms with E-state index in [0.717, 1.165) is 0 Å². The van der Waals surface area contributed by atoms with Crippen LogP contribution in [-0.4, -0.2) is 56.2 Å². The van der Waals surface area contributed by atoms with Gasteiger partial charge in [-0.1, -0.05) is 24.3 Å². The first-order valence-electron chi connectivity index (χ1n) is 11.3. The maximum absolute atomic E-state index is 13.4. The minimum Gasteiger partial charge on any atom is -0.334 e. The Labute approximate surface area is 196 Å². The first-order chi connectivity index (χ1) is 16.3. The lowest BCUT2D eigenvalue weighted by Crippen LogP contribution is -2.64. The first kappa shape index (κ1) is 21.8. The van der Waals surface area contributed by atoms with Crippen LogP contribution < -0.4 is 10.5 Å². The summed E-state index contributed by atoms with van der Waals surface area (Å²) in [4.78, 5) is 63.9. The van der Waals surface area contributed by atoms with E-state index in [2.05, 4.69) is 9.97 Å². The molecule has 9 heteroatoms. The average molecular weight is 460 g/mol. The summed E-state index contributed by atoms with van der Waals surface area (Å²) in [7, 11) is 0. The van der Waals surface area contributed by atoms with E-state index in [1.165, 1.54) is 4.90 Å². The van der Waals surface area contributed by atoms with Crippen molar-refractivity contribution in [1.82, 2.24) is 19.8 Å². The van der Waals surface area contributed by atoms with E-state index in [1.54, 1.807) is 58.3 Å². The predicted octanol–water partition coefficient (Wildman–Crippen LogP) is 2.27. The third-order valence-electron chi connectivity index (χ3n) is 6.78. The van der Waals surface area contributed by atoms with Crippen molar-refractivity contribution < 1.29 is 14.4 Å². The number of amides is 3. The number of para-hydroxylation sites is 2. The molecule has 0 spiro atoms. The Morgan fingerprint density at radius 1 is 1.12 bits per heavy atom. The Hall–Kier alpha value is -4.01. The van der Waals surface area contributed by atoms with Crippen LogP contribution in [0.25, 0.3) is 10.9 Å². The van der Waals surface area contributed by atoms with Crippen LogP contribution in [0.4, 0.5) is 5.69 Å². The largest absolute Gasteiger partial charge is 0.334 e. The number of rotatable bonds is 5. The first-order valence-corrected chi connectivity index (χ1v) is 11.3. The molecule has 2 aromatic carbocycles. The second-order valence-electron chi connectivity index (χ2n) is 8.79. The number of nitrogens with one attached hydrogen (secondary N) is 1. The second-order valence-corrected chi connectivity index (χ2v) is 8.79. The molecular formula is C25H25N5O4. The highest BCUT2D eigenvalue weighted by molar-refractivity contribution is 6.11. The van der Waals surface area contributed by atoms with Gasteiger partial charge in [0, 0.05) is 13.0 Å². The van der Waals surface area contributed by atoms with E-state index < -0.39 is 5.66 Å². The molecule has 0 saturated carbocycles. The fourth-order valence-electron chi connectivity index (χ4n) is 4.94. The van der Waals surface area contributed by atoms with Gasteiger partial charge in [0.25, 0.3) is 11.5 Å². The summed E-state index contributed by atoms with van der Waals surface area (Å²) in [5.74, 6) is -0.250. The van der Waals surface area contributed by atoms with Crippen LogP contribution in [0.1, 0.15) is 42.9 Å². The highest BCUT2D eigenvalue weighted by Gasteiger charge is 2.53. The van der Waals surface area contributed by atoms with Gasteiger partial charge in [-0.15, -0.1) is 0 Å². The molecule has 0 aliphatic carbocycles. The second kappa shape index (κ2) is 8.09. The number of hydrogen-bond donors (Lipinski definition) is 1. The Bertz CT molecular complexity index is 1380. The number of fused-ring (bicyclic) bond motifs is 4. The van der Waals surface area contributed by atoms with E-state index in [1.807, 2.05) is 13.8 Å². The van der Waals surface area contributed by atoms with E-state index in [9.17, 15) is 19.2 Å². The van der Waals surface area contributed by atoms with Crippen LogP contribution in [0.15, 0.2) is 53.3 Å². The standard InChI is InChI=1S/C25H25N5O4/c1-3-28(14-20-26-18-10-6-4-8-16(18)23(33)27-20)22(32)15-29-24(34)17-9-5-7-11-19(17)30-21(31)12-13-25(29,30)2/h4-11H,3,12-15H2,1-2H3,(H,26,27,33). The Kier molecular flexibility index (Phi) is 5.19. The zero-order valence-corrected chi connectivity index (χ0v) is 19.1. The highest BCUT2D eigenvalue weighted by Crippen LogP contribution is 2.43. The molecule has 0 radical (unpaired) electrons. The fourth-order valence-corrected chi connectivity index (χ4v) is 4.94. The van der Waals surface area contributed by atoms with Gasteiger partial charge in [0.05, 0.1) is 28.7 Å². The van der Waals surface area contributed by atoms with E-state index in [0.29, 0.717) is 47.4 Å². The maximum atomic E-state index is 13.4. The van der Waals surface area contributed by atoms with Gasteiger partial charge in [0.2, 0.25) is 11.8 Å². The smallest absolute Gasteiger partial charge is 0.258 e. The normalized spacial score (nSPS) is 19.4. The predicted molar refractivity (Wildman–Crippen MR) is 126 cm³/mol. The lowest BCUT2D eigenvalue weighted by atomic mass is 9.98. The average Bonchev–Trinajstić information content (AvgIpc) is 3.15. The summed E-state index contributed by atoms with van der Waals surface area (Å²) in [6.07, 6.45) is 0.757. The Morgan fingerprint density at radius 3 is 2.65 bits per heavy atom. The van der Waals surface area contributed by atoms with Crippen LogP contribution in [0.2, 0.25) is 0 Å². The summed E-state index contributed by atoms with van der Waals surface area (Å²) >= 11 is 0. The number of carbonyl (C=O) groups is 3. The molecule has 3 heterocycles. The van der Waals surface area contributed by atoms with Gasteiger partial charge in [-0.3, -0.25) is 24.1 Å². The van der Waals surface area contributed by atoms with Crippen molar-refractivity contribution in [3.05, 3.63) is 70.3 Å². The third-order valence-corrected chi connectivity index (χ3v) is 6.78. The number of nitrogens with zero attached hydrogens (tertiary/aromatic N) is 4. The number of aromatic nitrogens is 2. The van der Waals surface area contributed by atoms with Crippen molar-refractivity contribution in [2.75, 3.05) is 18.0 Å². The van der Waals surface area contributed by atoms with Crippen LogP contribution in [-0.2, 0) is 16.1 Å². The van der Waals surface area contributed by atoms with Gasteiger partial charge in [-0.25, -0.2) is 4.98 Å². The van der Waals surface area contributed by atoms with Gasteiger partial charge in [0.1, 0.15) is 18.0 Å². The van der Waals surface area contributed by atoms with Crippen molar-refractivity contribution in [1.29, 1.82) is 0 Å². The molecule has 2 aliphatic heterocycles. The van der Waals surface area contributed by atoms with Gasteiger partial charge in [-0.2, -0.15) is 0 Å². The van der Waals surface area contributed by atoms with Crippen molar-refractivity contribution in [3.63, 3.8) is 0 Å². The summed E-state index contributed by atoms with van der Waals surface area (Å²) in [6, 6.07) is 14.0. The molecule has 2 aliphatic rings. The molecule has 174 valence electrons. The number of anilines is 1. The molecule has 1 N–H and O–H groups in total. The lowest BCUT2D eigenvalue weighted by Gasteiger charge is -2.48. The molecule has 9 nitrogen and oxygen atoms in total. The molecule has 1 fully saturated rings. The minimum absolute atomic E-state index is 0.0646. The molecule has 1 unspecified atom stereocenters. The third kappa shape index (κ3) is 3.35. The van der Waals surface area contributed by atoms with Crippen LogP contribution in [0.3, 0.4) is 0 Å². The van der Waals surface area contributed by atoms with Gasteiger partial charge in [0.15, 0.2) is 0 Å². The monoisotopic (exact) mass is 459 g/mol. The van der Waals surface area contributed by atoms with Gasteiger partial charge in [-0.05, 0) is 44.5 Å². The summed E-state index contributed by atoms with van der Waals surface area (Å²) < 4.78 is 0. The number of aromatic amines is 1. The molecule has 5 rings (SSSR count). The molecule has 1 aromatic heterocycles. The Morgan fingerprint density at radius 2 is 1.85 bits per heavy atom. The van der Waals surface area contributed by atoms with Crippen molar-refractivity contribution in [3.8, 4) is 0 Å². The SMILES string of the molecule is CCN(Cc1nc2ccccc2c(=O)[nH]1)C(=O)CN1C(=O)c2ccccc2N2C(=O)CCC12C. The van der Waals surface area contributed by atoms with Crippen LogP contribution >= 0.6 is 0 Å². The molecule has 1 atom stereocenters. The van der Waals surface area contributed by atoms with Crippen molar-refractivity contribution >= 4 is 34.3 Å². The number of likely N-dealkylation sites (N-methyl/N-ethyl adjacent to an activating group) is 1. The van der Waals surface area contributed by atoms with E-state index in [-0.39, 0.29) is 36.4 Å². The Balaban J connectivity index is 1.43.